The zero-order valence-electron chi connectivity index (χ0n) is 13.3. The standard InChI is InChI=1S/C19H18ClN3S/c20-13-8-12-2-1-6-23(14-10-21-11-14)18(12)16(9-13)15-3-5-22-17-4-7-24-19(15)17/h3-5,7-9,14,21H,1-2,6,10-11H2. The molecule has 4 heterocycles. The van der Waals surface area contributed by atoms with E-state index in [4.69, 9.17) is 11.6 Å². The van der Waals surface area contributed by atoms with Gasteiger partial charge in [0.2, 0.25) is 0 Å². The number of fused-ring (bicyclic) bond motifs is 2. The average molecular weight is 356 g/mol. The van der Waals surface area contributed by atoms with Gasteiger partial charge in [-0.1, -0.05) is 11.6 Å². The van der Waals surface area contributed by atoms with E-state index >= 15 is 0 Å². The van der Waals surface area contributed by atoms with Gasteiger partial charge in [0.25, 0.3) is 0 Å². The van der Waals surface area contributed by atoms with Crippen LogP contribution in [-0.2, 0) is 6.42 Å². The van der Waals surface area contributed by atoms with E-state index in [1.54, 1.807) is 11.3 Å². The maximum absolute atomic E-state index is 6.49. The van der Waals surface area contributed by atoms with Crippen LogP contribution in [0.1, 0.15) is 12.0 Å². The molecule has 0 spiro atoms. The van der Waals surface area contributed by atoms with Crippen molar-refractivity contribution >= 4 is 38.8 Å². The Hall–Kier alpha value is -1.62. The van der Waals surface area contributed by atoms with Gasteiger partial charge in [0.05, 0.1) is 16.3 Å². The monoisotopic (exact) mass is 355 g/mol. The number of aromatic nitrogens is 1. The predicted molar refractivity (Wildman–Crippen MR) is 102 cm³/mol. The normalized spacial score (nSPS) is 17.8. The van der Waals surface area contributed by atoms with Crippen molar-refractivity contribution in [2.75, 3.05) is 24.5 Å². The molecule has 0 unspecified atom stereocenters. The average Bonchev–Trinajstić information content (AvgIpc) is 3.01. The smallest absolute Gasteiger partial charge is 0.0815 e. The topological polar surface area (TPSA) is 28.2 Å². The number of nitrogens with one attached hydrogen (secondary N) is 1. The third kappa shape index (κ3) is 2.25. The Labute approximate surface area is 150 Å². The molecule has 3 nitrogen and oxygen atoms in total. The van der Waals surface area contributed by atoms with Gasteiger partial charge in [0.15, 0.2) is 0 Å². The number of anilines is 1. The minimum atomic E-state index is 0.602. The first-order chi connectivity index (χ1) is 11.8. The van der Waals surface area contributed by atoms with Crippen LogP contribution in [0.5, 0.6) is 0 Å². The fourth-order valence-electron chi connectivity index (χ4n) is 3.89. The van der Waals surface area contributed by atoms with Crippen LogP contribution in [0.3, 0.4) is 0 Å². The van der Waals surface area contributed by atoms with Crippen molar-refractivity contribution in [1.29, 1.82) is 0 Å². The lowest BCUT2D eigenvalue weighted by molar-refractivity contribution is 0.406. The molecule has 5 heteroatoms. The van der Waals surface area contributed by atoms with Crippen LogP contribution in [0.15, 0.2) is 35.8 Å². The Morgan fingerprint density at radius 2 is 2.12 bits per heavy atom. The van der Waals surface area contributed by atoms with Crippen molar-refractivity contribution in [3.63, 3.8) is 0 Å². The summed E-state index contributed by atoms with van der Waals surface area (Å²) in [7, 11) is 0. The van der Waals surface area contributed by atoms with Crippen LogP contribution in [0.2, 0.25) is 5.02 Å². The lowest BCUT2D eigenvalue weighted by Gasteiger charge is -2.44. The van der Waals surface area contributed by atoms with Crippen LogP contribution >= 0.6 is 22.9 Å². The summed E-state index contributed by atoms with van der Waals surface area (Å²) in [5.74, 6) is 0. The fourth-order valence-corrected chi connectivity index (χ4v) is 5.01. The number of thiophene rings is 1. The Kier molecular flexibility index (Phi) is 3.51. The number of aryl methyl sites for hydroxylation is 1. The molecule has 2 aromatic heterocycles. The van der Waals surface area contributed by atoms with E-state index in [-0.39, 0.29) is 0 Å². The van der Waals surface area contributed by atoms with Gasteiger partial charge >= 0.3 is 0 Å². The second kappa shape index (κ2) is 5.73. The predicted octanol–water partition coefficient (Wildman–Crippen LogP) is 4.34. The van der Waals surface area contributed by atoms with E-state index in [1.165, 1.54) is 33.5 Å². The Bertz CT molecular complexity index is 916. The second-order valence-electron chi connectivity index (χ2n) is 6.56. The first-order valence-electron chi connectivity index (χ1n) is 8.43. The molecule has 1 saturated heterocycles. The second-order valence-corrected chi connectivity index (χ2v) is 7.92. The van der Waals surface area contributed by atoms with Crippen LogP contribution in [0, 0.1) is 0 Å². The third-order valence-electron chi connectivity index (χ3n) is 5.12. The zero-order chi connectivity index (χ0) is 16.1. The number of nitrogens with zero attached hydrogens (tertiary/aromatic N) is 2. The molecule has 5 rings (SSSR count). The highest BCUT2D eigenvalue weighted by atomic mass is 35.5. The summed E-state index contributed by atoms with van der Waals surface area (Å²) >= 11 is 8.25. The minimum Gasteiger partial charge on any atom is -0.365 e. The SMILES string of the molecule is Clc1cc2c(c(-c3ccnc4ccsc34)c1)N(C1CNC1)CCC2. The van der Waals surface area contributed by atoms with Gasteiger partial charge in [-0.15, -0.1) is 11.3 Å². The maximum Gasteiger partial charge on any atom is 0.0815 e. The summed E-state index contributed by atoms with van der Waals surface area (Å²) in [4.78, 5) is 7.10. The highest BCUT2D eigenvalue weighted by Crippen LogP contribution is 2.43. The molecule has 24 heavy (non-hydrogen) atoms. The van der Waals surface area contributed by atoms with Crippen LogP contribution < -0.4 is 10.2 Å². The quantitative estimate of drug-likeness (QED) is 0.741. The van der Waals surface area contributed by atoms with E-state index < -0.39 is 0 Å². The molecule has 1 N–H and O–H groups in total. The van der Waals surface area contributed by atoms with E-state index in [2.05, 4.69) is 44.8 Å². The van der Waals surface area contributed by atoms with Gasteiger partial charge in [0, 0.05) is 47.7 Å². The third-order valence-corrected chi connectivity index (χ3v) is 6.28. The van der Waals surface area contributed by atoms with E-state index in [0.717, 1.165) is 36.6 Å². The first kappa shape index (κ1) is 14.7. The largest absolute Gasteiger partial charge is 0.365 e. The molecule has 1 fully saturated rings. The molecular weight excluding hydrogens is 338 g/mol. The van der Waals surface area contributed by atoms with Gasteiger partial charge in [-0.05, 0) is 48.1 Å². The fraction of sp³-hybridized carbons (Fsp3) is 0.316. The summed E-state index contributed by atoms with van der Waals surface area (Å²) in [5, 5.41) is 6.36. The summed E-state index contributed by atoms with van der Waals surface area (Å²) in [6.07, 6.45) is 4.22. The molecule has 0 bridgehead atoms. The Morgan fingerprint density at radius 3 is 2.96 bits per heavy atom. The van der Waals surface area contributed by atoms with Gasteiger partial charge in [-0.3, -0.25) is 4.98 Å². The van der Waals surface area contributed by atoms with Crippen molar-refractivity contribution in [3.8, 4) is 11.1 Å². The number of pyridine rings is 1. The maximum atomic E-state index is 6.49. The molecule has 122 valence electrons. The molecule has 2 aliphatic rings. The Balaban J connectivity index is 1.76. The molecule has 0 saturated carbocycles. The van der Waals surface area contributed by atoms with Crippen molar-refractivity contribution in [1.82, 2.24) is 10.3 Å². The van der Waals surface area contributed by atoms with Gasteiger partial charge in [0.1, 0.15) is 0 Å². The summed E-state index contributed by atoms with van der Waals surface area (Å²) in [6.45, 7) is 3.28. The molecule has 2 aliphatic heterocycles. The molecular formula is C19H18ClN3S. The van der Waals surface area contributed by atoms with E-state index in [1.807, 2.05) is 6.20 Å². The lowest BCUT2D eigenvalue weighted by Crippen LogP contribution is -2.58. The van der Waals surface area contributed by atoms with Crippen LogP contribution in [-0.4, -0.2) is 30.7 Å². The molecule has 3 aromatic rings. The highest BCUT2D eigenvalue weighted by molar-refractivity contribution is 7.17. The van der Waals surface area contributed by atoms with E-state index in [9.17, 15) is 0 Å². The lowest BCUT2D eigenvalue weighted by atomic mass is 9.92. The van der Waals surface area contributed by atoms with Crippen molar-refractivity contribution in [2.24, 2.45) is 0 Å². The van der Waals surface area contributed by atoms with E-state index in [0.29, 0.717) is 6.04 Å². The minimum absolute atomic E-state index is 0.602. The van der Waals surface area contributed by atoms with Crippen molar-refractivity contribution < 1.29 is 0 Å². The van der Waals surface area contributed by atoms with Crippen molar-refractivity contribution in [2.45, 2.75) is 18.9 Å². The molecule has 0 aliphatic carbocycles. The first-order valence-corrected chi connectivity index (χ1v) is 9.69. The number of hydrogen-bond donors (Lipinski definition) is 1. The molecule has 1 aromatic carbocycles. The van der Waals surface area contributed by atoms with Gasteiger partial charge in [-0.2, -0.15) is 0 Å². The van der Waals surface area contributed by atoms with Gasteiger partial charge in [-0.25, -0.2) is 0 Å². The van der Waals surface area contributed by atoms with Crippen molar-refractivity contribution in [3.05, 3.63) is 46.4 Å². The number of hydrogen-bond acceptors (Lipinski definition) is 4. The van der Waals surface area contributed by atoms with Gasteiger partial charge < -0.3 is 10.2 Å². The number of benzene rings is 1. The van der Waals surface area contributed by atoms with Crippen LogP contribution in [0.25, 0.3) is 21.3 Å². The number of halogens is 1. The Morgan fingerprint density at radius 1 is 1.21 bits per heavy atom. The molecule has 0 atom stereocenters. The summed E-state index contributed by atoms with van der Waals surface area (Å²) < 4.78 is 1.25. The zero-order valence-corrected chi connectivity index (χ0v) is 14.8. The summed E-state index contributed by atoms with van der Waals surface area (Å²) in [6, 6.07) is 9.12. The number of rotatable bonds is 2. The molecule has 0 radical (unpaired) electrons. The molecule has 0 amide bonds. The highest BCUT2D eigenvalue weighted by Gasteiger charge is 2.31. The van der Waals surface area contributed by atoms with Crippen LogP contribution in [0.4, 0.5) is 5.69 Å². The summed E-state index contributed by atoms with van der Waals surface area (Å²) in [5.41, 5.74) is 6.36.